The third-order valence-electron chi connectivity index (χ3n) is 3.90. The van der Waals surface area contributed by atoms with Gasteiger partial charge in [0.2, 0.25) is 5.88 Å². The van der Waals surface area contributed by atoms with Crippen molar-refractivity contribution in [1.29, 1.82) is 0 Å². The molecule has 2 heterocycles. The molecular weight excluding hydrogens is 334 g/mol. The molecule has 0 aliphatic carbocycles. The summed E-state index contributed by atoms with van der Waals surface area (Å²) in [4.78, 5) is 22.3. The molecule has 136 valence electrons. The second-order valence-electron chi connectivity index (χ2n) is 5.67. The highest BCUT2D eigenvalue weighted by Crippen LogP contribution is 2.15. The Labute approximate surface area is 152 Å². The summed E-state index contributed by atoms with van der Waals surface area (Å²) in [5, 5.41) is 0. The number of hydrogen-bond acceptors (Lipinski definition) is 6. The van der Waals surface area contributed by atoms with Crippen LogP contribution in [0.15, 0.2) is 47.6 Å². The van der Waals surface area contributed by atoms with Crippen molar-refractivity contribution in [3.8, 4) is 11.6 Å². The number of amides is 1. The summed E-state index contributed by atoms with van der Waals surface area (Å²) in [7, 11) is 1.57. The molecule has 0 N–H and O–H groups in total. The Balaban J connectivity index is 1.51. The zero-order chi connectivity index (χ0) is 18.2. The smallest absolute Gasteiger partial charge is 0.260 e. The van der Waals surface area contributed by atoms with E-state index in [2.05, 4.69) is 9.98 Å². The van der Waals surface area contributed by atoms with Gasteiger partial charge in [0, 0.05) is 25.4 Å². The Morgan fingerprint density at radius 3 is 2.65 bits per heavy atom. The highest BCUT2D eigenvalue weighted by atomic mass is 16.5. The zero-order valence-electron chi connectivity index (χ0n) is 14.6. The van der Waals surface area contributed by atoms with Gasteiger partial charge < -0.3 is 19.1 Å². The maximum absolute atomic E-state index is 12.1. The molecule has 0 saturated carbocycles. The fourth-order valence-corrected chi connectivity index (χ4v) is 2.42. The van der Waals surface area contributed by atoms with E-state index in [0.29, 0.717) is 37.9 Å². The van der Waals surface area contributed by atoms with Crippen LogP contribution in [0, 0.1) is 0 Å². The standard InChI is InChI=1S/C19H21N3O4/c1-24-18-7-4-16(13-21-18)20-12-15-2-5-17(6-3-15)26-14-19(23)22-8-10-25-11-9-22/h2-7,12-13H,8-11,14H2,1H3. The summed E-state index contributed by atoms with van der Waals surface area (Å²) in [6.45, 7) is 2.45. The first-order valence-corrected chi connectivity index (χ1v) is 8.37. The molecule has 7 nitrogen and oxygen atoms in total. The Hall–Kier alpha value is -2.93. The lowest BCUT2D eigenvalue weighted by atomic mass is 10.2. The maximum Gasteiger partial charge on any atom is 0.260 e. The predicted molar refractivity (Wildman–Crippen MR) is 97.4 cm³/mol. The number of hydrogen-bond donors (Lipinski definition) is 0. The van der Waals surface area contributed by atoms with E-state index in [4.69, 9.17) is 14.2 Å². The molecule has 3 rings (SSSR count). The first kappa shape index (κ1) is 17.9. The van der Waals surface area contributed by atoms with Crippen molar-refractivity contribution in [1.82, 2.24) is 9.88 Å². The first-order valence-electron chi connectivity index (χ1n) is 8.37. The predicted octanol–water partition coefficient (Wildman–Crippen LogP) is 2.08. The lowest BCUT2D eigenvalue weighted by Gasteiger charge is -2.26. The number of carbonyl (C=O) groups is 1. The van der Waals surface area contributed by atoms with Crippen LogP contribution in [-0.4, -0.2) is 62.0 Å². The topological polar surface area (TPSA) is 73.2 Å². The number of ether oxygens (including phenoxy) is 3. The van der Waals surface area contributed by atoms with Crippen LogP contribution < -0.4 is 9.47 Å². The van der Waals surface area contributed by atoms with E-state index in [1.807, 2.05) is 30.3 Å². The summed E-state index contributed by atoms with van der Waals surface area (Å²) in [6, 6.07) is 11.0. The summed E-state index contributed by atoms with van der Waals surface area (Å²) in [6.07, 6.45) is 3.39. The summed E-state index contributed by atoms with van der Waals surface area (Å²) in [5.41, 5.74) is 1.66. The molecule has 1 aromatic heterocycles. The quantitative estimate of drug-likeness (QED) is 0.742. The number of methoxy groups -OCH3 is 1. The highest BCUT2D eigenvalue weighted by Gasteiger charge is 2.16. The van der Waals surface area contributed by atoms with E-state index in [0.717, 1.165) is 11.3 Å². The van der Waals surface area contributed by atoms with Crippen LogP contribution in [0.25, 0.3) is 0 Å². The van der Waals surface area contributed by atoms with E-state index < -0.39 is 0 Å². The van der Waals surface area contributed by atoms with E-state index in [9.17, 15) is 4.79 Å². The Morgan fingerprint density at radius 2 is 2.00 bits per heavy atom. The van der Waals surface area contributed by atoms with Crippen molar-refractivity contribution in [2.45, 2.75) is 0 Å². The third-order valence-corrected chi connectivity index (χ3v) is 3.90. The lowest BCUT2D eigenvalue weighted by molar-refractivity contribution is -0.137. The van der Waals surface area contributed by atoms with Crippen molar-refractivity contribution in [3.63, 3.8) is 0 Å². The minimum Gasteiger partial charge on any atom is -0.484 e. The SMILES string of the molecule is COc1ccc(N=Cc2ccc(OCC(=O)N3CCOCC3)cc2)cn1. The number of rotatable bonds is 6. The van der Waals surface area contributed by atoms with Crippen molar-refractivity contribution in [2.24, 2.45) is 4.99 Å². The van der Waals surface area contributed by atoms with Crippen LogP contribution in [0.4, 0.5) is 5.69 Å². The Kier molecular flexibility index (Phi) is 6.16. The molecule has 1 fully saturated rings. The fourth-order valence-electron chi connectivity index (χ4n) is 2.42. The van der Waals surface area contributed by atoms with Gasteiger partial charge in [-0.1, -0.05) is 0 Å². The summed E-state index contributed by atoms with van der Waals surface area (Å²) in [5.74, 6) is 1.18. The molecule has 0 spiro atoms. The van der Waals surface area contributed by atoms with E-state index in [1.165, 1.54) is 0 Å². The summed E-state index contributed by atoms with van der Waals surface area (Å²) < 4.78 is 15.8. The highest BCUT2D eigenvalue weighted by molar-refractivity contribution is 5.82. The maximum atomic E-state index is 12.1. The van der Waals surface area contributed by atoms with Gasteiger partial charge in [-0.2, -0.15) is 0 Å². The van der Waals surface area contributed by atoms with E-state index in [1.54, 1.807) is 30.5 Å². The van der Waals surface area contributed by atoms with Crippen LogP contribution in [-0.2, 0) is 9.53 Å². The fraction of sp³-hybridized carbons (Fsp3) is 0.316. The number of aliphatic imine (C=N–C) groups is 1. The Bertz CT molecular complexity index is 738. The number of nitrogens with zero attached hydrogens (tertiary/aromatic N) is 3. The molecular formula is C19H21N3O4. The monoisotopic (exact) mass is 355 g/mol. The van der Waals surface area contributed by atoms with Gasteiger partial charge in [-0.3, -0.25) is 9.79 Å². The largest absolute Gasteiger partial charge is 0.484 e. The van der Waals surface area contributed by atoms with Gasteiger partial charge in [-0.05, 0) is 35.9 Å². The normalized spacial score (nSPS) is 14.4. The van der Waals surface area contributed by atoms with Gasteiger partial charge in [-0.15, -0.1) is 0 Å². The molecule has 2 aromatic rings. The third kappa shape index (κ3) is 5.03. The van der Waals surface area contributed by atoms with Crippen LogP contribution >= 0.6 is 0 Å². The van der Waals surface area contributed by atoms with E-state index >= 15 is 0 Å². The van der Waals surface area contributed by atoms with Crippen LogP contribution in [0.3, 0.4) is 0 Å². The van der Waals surface area contributed by atoms with Gasteiger partial charge in [0.05, 0.1) is 32.2 Å². The molecule has 1 saturated heterocycles. The minimum atomic E-state index is -0.0223. The van der Waals surface area contributed by atoms with Gasteiger partial charge in [0.1, 0.15) is 5.75 Å². The minimum absolute atomic E-state index is 0.0223. The zero-order valence-corrected chi connectivity index (χ0v) is 14.6. The first-order chi connectivity index (χ1) is 12.7. The van der Waals surface area contributed by atoms with Crippen molar-refractivity contribution < 1.29 is 19.0 Å². The van der Waals surface area contributed by atoms with Gasteiger partial charge in [0.25, 0.3) is 5.91 Å². The molecule has 1 aliphatic rings. The van der Waals surface area contributed by atoms with Crippen LogP contribution in [0.1, 0.15) is 5.56 Å². The van der Waals surface area contributed by atoms with Crippen molar-refractivity contribution in [2.75, 3.05) is 40.0 Å². The molecule has 0 bridgehead atoms. The molecule has 0 atom stereocenters. The second kappa shape index (κ2) is 8.96. The summed E-state index contributed by atoms with van der Waals surface area (Å²) >= 11 is 0. The van der Waals surface area contributed by atoms with Gasteiger partial charge >= 0.3 is 0 Å². The Morgan fingerprint density at radius 1 is 1.23 bits per heavy atom. The molecule has 1 aliphatic heterocycles. The van der Waals surface area contributed by atoms with Gasteiger partial charge in [0.15, 0.2) is 6.61 Å². The molecule has 0 radical (unpaired) electrons. The molecule has 7 heteroatoms. The average molecular weight is 355 g/mol. The molecule has 0 unspecified atom stereocenters. The number of benzene rings is 1. The molecule has 1 aromatic carbocycles. The lowest BCUT2D eigenvalue weighted by Crippen LogP contribution is -2.42. The van der Waals surface area contributed by atoms with Gasteiger partial charge in [-0.25, -0.2) is 4.98 Å². The number of aromatic nitrogens is 1. The van der Waals surface area contributed by atoms with Crippen molar-refractivity contribution in [3.05, 3.63) is 48.2 Å². The number of carbonyl (C=O) groups excluding carboxylic acids is 1. The van der Waals surface area contributed by atoms with Crippen molar-refractivity contribution >= 4 is 17.8 Å². The molecule has 1 amide bonds. The number of pyridine rings is 1. The van der Waals surface area contributed by atoms with E-state index in [-0.39, 0.29) is 12.5 Å². The molecule has 26 heavy (non-hydrogen) atoms. The number of morpholine rings is 1. The van der Waals surface area contributed by atoms with Crippen LogP contribution in [0.5, 0.6) is 11.6 Å². The second-order valence-corrected chi connectivity index (χ2v) is 5.67. The van der Waals surface area contributed by atoms with Crippen LogP contribution in [0.2, 0.25) is 0 Å². The average Bonchev–Trinajstić information content (AvgIpc) is 2.72.